The van der Waals surface area contributed by atoms with Gasteiger partial charge in [0.2, 0.25) is 0 Å². The number of hydrogen-bond donors (Lipinski definition) is 0. The van der Waals surface area contributed by atoms with E-state index >= 15 is 0 Å². The predicted octanol–water partition coefficient (Wildman–Crippen LogP) is 3.89. The van der Waals surface area contributed by atoms with E-state index in [-0.39, 0.29) is 18.3 Å². The lowest BCUT2D eigenvalue weighted by Crippen LogP contribution is -2.34. The monoisotopic (exact) mass is 329 g/mol. The molecule has 0 spiro atoms. The summed E-state index contributed by atoms with van der Waals surface area (Å²) in [6.07, 6.45) is 8.19. The number of ether oxygens (including phenoxy) is 1. The molecular formula is C20H27NO3. The van der Waals surface area contributed by atoms with Crippen LogP contribution in [-0.2, 0) is 9.53 Å². The van der Waals surface area contributed by atoms with E-state index in [4.69, 9.17) is 4.74 Å². The third-order valence-electron chi connectivity index (χ3n) is 4.56. The Morgan fingerprint density at radius 1 is 1.17 bits per heavy atom. The predicted molar refractivity (Wildman–Crippen MR) is 94.9 cm³/mol. The van der Waals surface area contributed by atoms with Gasteiger partial charge in [-0.05, 0) is 50.7 Å². The van der Waals surface area contributed by atoms with Gasteiger partial charge in [0.1, 0.15) is 0 Å². The summed E-state index contributed by atoms with van der Waals surface area (Å²) in [5, 5.41) is 0. The van der Waals surface area contributed by atoms with Crippen molar-refractivity contribution in [3.8, 4) is 0 Å². The summed E-state index contributed by atoms with van der Waals surface area (Å²) >= 11 is 0. The number of methoxy groups -OCH3 is 1. The van der Waals surface area contributed by atoms with E-state index < -0.39 is 0 Å². The van der Waals surface area contributed by atoms with Gasteiger partial charge in [-0.1, -0.05) is 29.8 Å². The summed E-state index contributed by atoms with van der Waals surface area (Å²) in [5.74, 6) is -0.289. The van der Waals surface area contributed by atoms with Gasteiger partial charge in [-0.3, -0.25) is 9.59 Å². The van der Waals surface area contributed by atoms with Crippen molar-refractivity contribution in [1.82, 2.24) is 4.90 Å². The Kier molecular flexibility index (Phi) is 7.04. The maximum atomic E-state index is 12.9. The van der Waals surface area contributed by atoms with Gasteiger partial charge in [-0.25, -0.2) is 0 Å². The average molecular weight is 329 g/mol. The SMILES string of the molecule is COC(=O)CCN(CCC1=CCCCC1)C(=O)c1ccccc1C. The van der Waals surface area contributed by atoms with Crippen LogP contribution in [0.5, 0.6) is 0 Å². The molecule has 1 aliphatic carbocycles. The molecule has 2 rings (SSSR count). The molecule has 0 N–H and O–H groups in total. The van der Waals surface area contributed by atoms with Gasteiger partial charge in [0.25, 0.3) is 5.91 Å². The first-order valence-corrected chi connectivity index (χ1v) is 8.71. The molecule has 0 saturated heterocycles. The highest BCUT2D eigenvalue weighted by atomic mass is 16.5. The fourth-order valence-electron chi connectivity index (χ4n) is 3.04. The van der Waals surface area contributed by atoms with E-state index in [1.165, 1.54) is 25.5 Å². The Hall–Kier alpha value is -2.10. The standard InChI is InChI=1S/C20H27NO3/c1-16-8-6-7-11-18(16)20(23)21(15-13-19(22)24-2)14-12-17-9-4-3-5-10-17/h6-9,11H,3-5,10,12-15H2,1-2H3. The van der Waals surface area contributed by atoms with Gasteiger partial charge in [0.15, 0.2) is 0 Å². The minimum atomic E-state index is -0.283. The lowest BCUT2D eigenvalue weighted by Gasteiger charge is -2.24. The number of amides is 1. The first-order valence-electron chi connectivity index (χ1n) is 8.71. The second-order valence-electron chi connectivity index (χ2n) is 6.29. The van der Waals surface area contributed by atoms with E-state index in [0.717, 1.165) is 24.8 Å². The number of esters is 1. The molecular weight excluding hydrogens is 302 g/mol. The number of allylic oxidation sites excluding steroid dienone is 1. The maximum absolute atomic E-state index is 12.9. The Morgan fingerprint density at radius 3 is 2.62 bits per heavy atom. The lowest BCUT2D eigenvalue weighted by molar-refractivity contribution is -0.140. The maximum Gasteiger partial charge on any atom is 0.307 e. The molecule has 0 unspecified atom stereocenters. The molecule has 130 valence electrons. The molecule has 1 aromatic carbocycles. The van der Waals surface area contributed by atoms with Crippen LogP contribution < -0.4 is 0 Å². The molecule has 0 heterocycles. The Bertz CT molecular complexity index is 607. The van der Waals surface area contributed by atoms with Crippen molar-refractivity contribution in [3.63, 3.8) is 0 Å². The van der Waals surface area contributed by atoms with Crippen molar-refractivity contribution in [1.29, 1.82) is 0 Å². The summed E-state index contributed by atoms with van der Waals surface area (Å²) < 4.78 is 4.72. The lowest BCUT2D eigenvalue weighted by atomic mass is 9.97. The van der Waals surface area contributed by atoms with Crippen LogP contribution in [-0.4, -0.2) is 37.0 Å². The molecule has 4 nitrogen and oxygen atoms in total. The molecule has 0 aromatic heterocycles. The highest BCUT2D eigenvalue weighted by Gasteiger charge is 2.19. The molecule has 0 aliphatic heterocycles. The molecule has 1 aliphatic rings. The van der Waals surface area contributed by atoms with Crippen molar-refractivity contribution >= 4 is 11.9 Å². The van der Waals surface area contributed by atoms with Crippen LogP contribution in [0.3, 0.4) is 0 Å². The van der Waals surface area contributed by atoms with Crippen LogP contribution in [0.2, 0.25) is 0 Å². The number of rotatable bonds is 7. The van der Waals surface area contributed by atoms with Crippen molar-refractivity contribution < 1.29 is 14.3 Å². The highest BCUT2D eigenvalue weighted by Crippen LogP contribution is 2.21. The van der Waals surface area contributed by atoms with Gasteiger partial charge >= 0.3 is 5.97 Å². The van der Waals surface area contributed by atoms with Gasteiger partial charge in [0, 0.05) is 18.7 Å². The summed E-state index contributed by atoms with van der Waals surface area (Å²) in [6.45, 7) is 2.98. The molecule has 1 aromatic rings. The van der Waals surface area contributed by atoms with Crippen molar-refractivity contribution in [3.05, 3.63) is 47.0 Å². The molecule has 24 heavy (non-hydrogen) atoms. The molecule has 0 radical (unpaired) electrons. The quantitative estimate of drug-likeness (QED) is 0.563. The summed E-state index contributed by atoms with van der Waals surface area (Å²) in [7, 11) is 1.38. The molecule has 0 fully saturated rings. The highest BCUT2D eigenvalue weighted by molar-refractivity contribution is 5.95. The first kappa shape index (κ1) is 18.2. The van der Waals surface area contributed by atoms with Gasteiger partial charge < -0.3 is 9.64 Å². The van der Waals surface area contributed by atoms with Crippen LogP contribution in [0.25, 0.3) is 0 Å². The second-order valence-corrected chi connectivity index (χ2v) is 6.29. The Balaban J connectivity index is 2.06. The summed E-state index contributed by atoms with van der Waals surface area (Å²) in [5.41, 5.74) is 3.10. The zero-order chi connectivity index (χ0) is 17.4. The molecule has 4 heteroatoms. The number of carbonyl (C=O) groups excluding carboxylic acids is 2. The minimum absolute atomic E-state index is 0.00610. The van der Waals surface area contributed by atoms with Gasteiger partial charge in [0.05, 0.1) is 13.5 Å². The number of aryl methyl sites for hydroxylation is 1. The third-order valence-corrected chi connectivity index (χ3v) is 4.56. The number of nitrogens with zero attached hydrogens (tertiary/aromatic N) is 1. The first-order chi connectivity index (χ1) is 11.6. The largest absolute Gasteiger partial charge is 0.469 e. The molecule has 1 amide bonds. The normalized spacial score (nSPS) is 14.0. The molecule has 0 bridgehead atoms. The van der Waals surface area contributed by atoms with Crippen LogP contribution >= 0.6 is 0 Å². The van der Waals surface area contributed by atoms with Crippen LogP contribution in [0, 0.1) is 6.92 Å². The number of benzene rings is 1. The summed E-state index contributed by atoms with van der Waals surface area (Å²) in [4.78, 5) is 26.2. The summed E-state index contributed by atoms with van der Waals surface area (Å²) in [6, 6.07) is 7.60. The second kappa shape index (κ2) is 9.26. The Labute approximate surface area is 144 Å². The van der Waals surface area contributed by atoms with Crippen LogP contribution in [0.4, 0.5) is 0 Å². The number of carbonyl (C=O) groups is 2. The fourth-order valence-corrected chi connectivity index (χ4v) is 3.04. The van der Waals surface area contributed by atoms with Crippen LogP contribution in [0.15, 0.2) is 35.9 Å². The zero-order valence-corrected chi connectivity index (χ0v) is 14.7. The number of hydrogen-bond acceptors (Lipinski definition) is 3. The van der Waals surface area contributed by atoms with Crippen molar-refractivity contribution in [2.24, 2.45) is 0 Å². The minimum Gasteiger partial charge on any atom is -0.469 e. The van der Waals surface area contributed by atoms with Gasteiger partial charge in [-0.15, -0.1) is 0 Å². The molecule has 0 saturated carbocycles. The van der Waals surface area contributed by atoms with E-state index in [9.17, 15) is 9.59 Å². The van der Waals surface area contributed by atoms with Crippen molar-refractivity contribution in [2.75, 3.05) is 20.2 Å². The zero-order valence-electron chi connectivity index (χ0n) is 14.7. The topological polar surface area (TPSA) is 46.6 Å². The Morgan fingerprint density at radius 2 is 1.96 bits per heavy atom. The van der Waals surface area contributed by atoms with Crippen LogP contribution in [0.1, 0.15) is 54.4 Å². The van der Waals surface area contributed by atoms with E-state index in [0.29, 0.717) is 18.7 Å². The van der Waals surface area contributed by atoms with E-state index in [1.54, 1.807) is 4.90 Å². The third kappa shape index (κ3) is 5.22. The van der Waals surface area contributed by atoms with Crippen molar-refractivity contribution in [2.45, 2.75) is 45.4 Å². The molecule has 0 atom stereocenters. The van der Waals surface area contributed by atoms with E-state index in [1.807, 2.05) is 31.2 Å². The van der Waals surface area contributed by atoms with Gasteiger partial charge in [-0.2, -0.15) is 0 Å². The smallest absolute Gasteiger partial charge is 0.307 e. The van der Waals surface area contributed by atoms with E-state index in [2.05, 4.69) is 6.08 Å². The fraction of sp³-hybridized carbons (Fsp3) is 0.500. The average Bonchev–Trinajstić information content (AvgIpc) is 2.62.